The number of hydrogen-bond donors (Lipinski definition) is 3. The van der Waals surface area contributed by atoms with Crippen molar-refractivity contribution in [2.75, 3.05) is 20.3 Å². The summed E-state index contributed by atoms with van der Waals surface area (Å²) in [6.07, 6.45) is -5.92. The number of nitrogens with one attached hydrogen (secondary N) is 1. The highest BCUT2D eigenvalue weighted by molar-refractivity contribution is 5.66. The number of alkyl carbamates (subject to hydrolysis) is 1. The van der Waals surface area contributed by atoms with E-state index < -0.39 is 25.1 Å². The molecular weight excluding hydrogens is 304 g/mol. The van der Waals surface area contributed by atoms with Gasteiger partial charge in [0.05, 0.1) is 0 Å². The average Bonchev–Trinajstić information content (AvgIpc) is 2.78. The number of benzene rings is 1. The number of carbonyl (C=O) groups is 1. The number of ether oxygens (including phenoxy) is 3. The molecule has 0 spiro atoms. The highest BCUT2D eigenvalue weighted by Crippen LogP contribution is 2.46. The van der Waals surface area contributed by atoms with Gasteiger partial charge < -0.3 is 29.7 Å². The number of amides is 1. The third-order valence-corrected chi connectivity index (χ3v) is 2.99. The summed E-state index contributed by atoms with van der Waals surface area (Å²) in [7, 11) is 1.34. The summed E-state index contributed by atoms with van der Waals surface area (Å²) in [6, 6.07) is 2.69. The molecule has 0 saturated carbocycles. The lowest BCUT2D eigenvalue weighted by Gasteiger charge is -2.17. The largest absolute Gasteiger partial charge is 0.586 e. The second-order valence-corrected chi connectivity index (χ2v) is 4.47. The summed E-state index contributed by atoms with van der Waals surface area (Å²) < 4.78 is 39.8. The fourth-order valence-electron chi connectivity index (χ4n) is 2.09. The van der Waals surface area contributed by atoms with Crippen molar-refractivity contribution in [3.05, 3.63) is 23.3 Å². The Kier molecular flexibility index (Phi) is 4.67. The van der Waals surface area contributed by atoms with Gasteiger partial charge in [-0.15, -0.1) is 8.78 Å². The summed E-state index contributed by atoms with van der Waals surface area (Å²) in [5.74, 6) is -0.565. The summed E-state index contributed by atoms with van der Waals surface area (Å²) >= 11 is 0. The monoisotopic (exact) mass is 319 g/mol. The van der Waals surface area contributed by atoms with Crippen molar-refractivity contribution in [1.29, 1.82) is 0 Å². The zero-order valence-electron chi connectivity index (χ0n) is 11.6. The molecule has 9 heteroatoms. The standard InChI is InChI=1S/C13H15F2NO6/c1-16-12(19)20-6-8(18)10-7(4-5-17)2-3-9-11(10)22-13(14,15)21-9/h2-3,8,17-18H,4-6H2,1H3,(H,16,19). The number of carbonyl (C=O) groups excluding carboxylic acids is 1. The molecule has 0 bridgehead atoms. The van der Waals surface area contributed by atoms with E-state index in [9.17, 15) is 18.7 Å². The first-order chi connectivity index (χ1) is 10.4. The van der Waals surface area contributed by atoms with Crippen molar-refractivity contribution >= 4 is 6.09 Å². The maximum atomic E-state index is 13.2. The number of hydrogen-bond acceptors (Lipinski definition) is 6. The van der Waals surface area contributed by atoms with E-state index in [2.05, 4.69) is 14.8 Å². The predicted octanol–water partition coefficient (Wildman–Crippen LogP) is 0.932. The number of aliphatic hydroxyl groups is 2. The van der Waals surface area contributed by atoms with Crippen molar-refractivity contribution < 1.29 is 38.0 Å². The molecule has 1 aliphatic rings. The van der Waals surface area contributed by atoms with E-state index in [1.54, 1.807) is 0 Å². The van der Waals surface area contributed by atoms with Crippen molar-refractivity contribution in [1.82, 2.24) is 5.32 Å². The number of halogens is 2. The summed E-state index contributed by atoms with van der Waals surface area (Å²) in [5.41, 5.74) is 0.378. The topological polar surface area (TPSA) is 97.3 Å². The van der Waals surface area contributed by atoms with Gasteiger partial charge in [0.1, 0.15) is 12.7 Å². The molecule has 0 aliphatic carbocycles. The number of alkyl halides is 2. The van der Waals surface area contributed by atoms with Gasteiger partial charge in [-0.2, -0.15) is 0 Å². The van der Waals surface area contributed by atoms with E-state index in [4.69, 9.17) is 9.84 Å². The fourth-order valence-corrected chi connectivity index (χ4v) is 2.09. The highest BCUT2D eigenvalue weighted by Gasteiger charge is 2.45. The Morgan fingerprint density at radius 2 is 2.18 bits per heavy atom. The Bertz CT molecular complexity index is 566. The smallest absolute Gasteiger partial charge is 0.446 e. The van der Waals surface area contributed by atoms with Crippen LogP contribution in [0.1, 0.15) is 17.2 Å². The Balaban J connectivity index is 2.31. The van der Waals surface area contributed by atoms with Gasteiger partial charge in [-0.05, 0) is 18.1 Å². The van der Waals surface area contributed by atoms with Crippen LogP contribution < -0.4 is 14.8 Å². The van der Waals surface area contributed by atoms with Gasteiger partial charge in [0, 0.05) is 19.2 Å². The van der Waals surface area contributed by atoms with Crippen LogP contribution in [0.3, 0.4) is 0 Å². The third kappa shape index (κ3) is 3.37. The van der Waals surface area contributed by atoms with Gasteiger partial charge >= 0.3 is 12.4 Å². The molecule has 1 aromatic rings. The van der Waals surface area contributed by atoms with Crippen LogP contribution in [-0.2, 0) is 11.2 Å². The summed E-state index contributed by atoms with van der Waals surface area (Å²) in [6.45, 7) is -0.727. The minimum atomic E-state index is -3.84. The van der Waals surface area contributed by atoms with Crippen molar-refractivity contribution in [2.45, 2.75) is 18.8 Å². The van der Waals surface area contributed by atoms with Gasteiger partial charge in [0.25, 0.3) is 0 Å². The molecule has 1 aromatic carbocycles. The lowest BCUT2D eigenvalue weighted by Crippen LogP contribution is -2.26. The lowest BCUT2D eigenvalue weighted by molar-refractivity contribution is -0.287. The lowest BCUT2D eigenvalue weighted by atomic mass is 9.98. The molecule has 1 amide bonds. The van der Waals surface area contributed by atoms with Gasteiger partial charge in [0.15, 0.2) is 11.5 Å². The summed E-state index contributed by atoms with van der Waals surface area (Å²) in [4.78, 5) is 11.0. The second-order valence-electron chi connectivity index (χ2n) is 4.47. The van der Waals surface area contributed by atoms with Crippen LogP contribution in [0, 0.1) is 0 Å². The maximum absolute atomic E-state index is 13.2. The minimum Gasteiger partial charge on any atom is -0.446 e. The predicted molar refractivity (Wildman–Crippen MR) is 68.8 cm³/mol. The van der Waals surface area contributed by atoms with Crippen molar-refractivity contribution in [2.24, 2.45) is 0 Å². The number of rotatable bonds is 5. The molecule has 1 unspecified atom stereocenters. The van der Waals surface area contributed by atoms with Crippen LogP contribution in [0.4, 0.5) is 13.6 Å². The average molecular weight is 319 g/mol. The molecule has 3 N–H and O–H groups in total. The highest BCUT2D eigenvalue weighted by atomic mass is 19.3. The molecule has 0 saturated heterocycles. The summed E-state index contributed by atoms with van der Waals surface area (Å²) in [5, 5.41) is 21.4. The molecule has 1 aliphatic heterocycles. The first-order valence-electron chi connectivity index (χ1n) is 6.43. The van der Waals surface area contributed by atoms with Crippen LogP contribution in [-0.4, -0.2) is 42.9 Å². The van der Waals surface area contributed by atoms with Crippen LogP contribution in [0.5, 0.6) is 11.5 Å². The molecule has 122 valence electrons. The van der Waals surface area contributed by atoms with E-state index in [0.29, 0.717) is 5.56 Å². The van der Waals surface area contributed by atoms with E-state index >= 15 is 0 Å². The Morgan fingerprint density at radius 3 is 2.82 bits per heavy atom. The molecule has 0 aromatic heterocycles. The van der Waals surface area contributed by atoms with Crippen LogP contribution in [0.15, 0.2) is 12.1 Å². The molecular formula is C13H15F2NO6. The van der Waals surface area contributed by atoms with Gasteiger partial charge in [-0.3, -0.25) is 0 Å². The normalized spacial score (nSPS) is 16.2. The number of fused-ring (bicyclic) bond motifs is 1. The van der Waals surface area contributed by atoms with Crippen molar-refractivity contribution in [3.8, 4) is 11.5 Å². The second kappa shape index (κ2) is 6.32. The maximum Gasteiger partial charge on any atom is 0.586 e. The van der Waals surface area contributed by atoms with Crippen LogP contribution in [0.2, 0.25) is 0 Å². The quantitative estimate of drug-likeness (QED) is 0.747. The fraction of sp³-hybridized carbons (Fsp3) is 0.462. The molecule has 0 fully saturated rings. The van der Waals surface area contributed by atoms with E-state index in [0.717, 1.165) is 0 Å². The molecule has 2 rings (SSSR count). The SMILES string of the molecule is CNC(=O)OCC(O)c1c(CCO)ccc2c1OC(F)(F)O2. The zero-order chi connectivity index (χ0) is 16.3. The Morgan fingerprint density at radius 1 is 1.45 bits per heavy atom. The van der Waals surface area contributed by atoms with E-state index in [1.807, 2.05) is 0 Å². The minimum absolute atomic E-state index is 0.00683. The molecule has 1 heterocycles. The zero-order valence-corrected chi connectivity index (χ0v) is 11.6. The first-order valence-corrected chi connectivity index (χ1v) is 6.43. The Hall–Kier alpha value is -2.13. The van der Waals surface area contributed by atoms with Crippen LogP contribution >= 0.6 is 0 Å². The molecule has 22 heavy (non-hydrogen) atoms. The Labute approximate surface area is 124 Å². The molecule has 1 atom stereocenters. The van der Waals surface area contributed by atoms with E-state index in [-0.39, 0.29) is 30.1 Å². The number of aliphatic hydroxyl groups excluding tert-OH is 2. The van der Waals surface area contributed by atoms with E-state index in [1.165, 1.54) is 19.2 Å². The third-order valence-electron chi connectivity index (χ3n) is 2.99. The van der Waals surface area contributed by atoms with Crippen molar-refractivity contribution in [3.63, 3.8) is 0 Å². The first kappa shape index (κ1) is 16.2. The van der Waals surface area contributed by atoms with Gasteiger partial charge in [-0.1, -0.05) is 6.07 Å². The van der Waals surface area contributed by atoms with Crippen LogP contribution in [0.25, 0.3) is 0 Å². The molecule has 0 radical (unpaired) electrons. The molecule has 7 nitrogen and oxygen atoms in total. The van der Waals surface area contributed by atoms with Gasteiger partial charge in [0.2, 0.25) is 0 Å². The van der Waals surface area contributed by atoms with Gasteiger partial charge in [-0.25, -0.2) is 4.79 Å².